The molecule has 3 N–H and O–H groups in total. The smallest absolute Gasteiger partial charge is 0.408 e. The summed E-state index contributed by atoms with van der Waals surface area (Å²) in [6, 6.07) is 25.7. The van der Waals surface area contributed by atoms with Crippen molar-refractivity contribution in [3.05, 3.63) is 102 Å². The van der Waals surface area contributed by atoms with Gasteiger partial charge >= 0.3 is 18.0 Å². The summed E-state index contributed by atoms with van der Waals surface area (Å²) in [5.74, 6) is -2.73. The van der Waals surface area contributed by atoms with E-state index in [0.29, 0.717) is 0 Å². The van der Waals surface area contributed by atoms with Gasteiger partial charge in [-0.3, -0.25) is 14.4 Å². The number of esters is 1. The van der Waals surface area contributed by atoms with Crippen molar-refractivity contribution in [2.45, 2.75) is 31.5 Å². The van der Waals surface area contributed by atoms with Crippen molar-refractivity contribution in [1.29, 1.82) is 0 Å². The number of ether oxygens (including phenoxy) is 2. The Hall–Kier alpha value is -4.66. The summed E-state index contributed by atoms with van der Waals surface area (Å²) in [5, 5.41) is 14.7. The van der Waals surface area contributed by atoms with E-state index in [1.807, 2.05) is 66.7 Å². The third-order valence-corrected chi connectivity index (χ3v) is 5.34. The van der Waals surface area contributed by atoms with E-state index in [0.717, 1.165) is 16.8 Å². The maximum absolute atomic E-state index is 12.6. The van der Waals surface area contributed by atoms with Gasteiger partial charge in [0.25, 0.3) is 0 Å². The molecule has 0 heterocycles. The van der Waals surface area contributed by atoms with Crippen molar-refractivity contribution in [2.75, 3.05) is 11.9 Å². The summed E-state index contributed by atoms with van der Waals surface area (Å²) in [4.78, 5) is 48.6. The molecule has 0 fully saturated rings. The van der Waals surface area contributed by atoms with Gasteiger partial charge in [0.1, 0.15) is 12.6 Å². The monoisotopic (exact) mass is 504 g/mol. The van der Waals surface area contributed by atoms with Gasteiger partial charge in [-0.05, 0) is 23.3 Å². The summed E-state index contributed by atoms with van der Waals surface area (Å²) in [5.41, 5.74) is 2.38. The maximum atomic E-state index is 12.6. The third kappa shape index (κ3) is 9.48. The fourth-order valence-corrected chi connectivity index (χ4v) is 3.48. The standard InChI is InChI=1S/C28H28N2O7/c31-25(24(16-26(32)33)30-28(35)37-18-20-10-4-1-5-11-20)19-36-27(34)17-23(21-12-6-2-7-13-21)29-22-14-8-3-9-15-22/h1-15,23-24,29H,16-19H2,(H,30,35)(H,32,33). The number of hydrogen-bond donors (Lipinski definition) is 3. The van der Waals surface area contributed by atoms with E-state index < -0.39 is 48.9 Å². The predicted molar refractivity (Wildman–Crippen MR) is 136 cm³/mol. The Balaban J connectivity index is 1.55. The molecule has 0 aliphatic carbocycles. The average Bonchev–Trinajstić information content (AvgIpc) is 2.91. The van der Waals surface area contributed by atoms with E-state index in [2.05, 4.69) is 10.6 Å². The number of carbonyl (C=O) groups excluding carboxylic acids is 3. The number of Topliss-reactive ketones (excluding diaryl/α,β-unsaturated/α-hetero) is 1. The first-order valence-corrected chi connectivity index (χ1v) is 11.6. The number of hydrogen-bond acceptors (Lipinski definition) is 7. The van der Waals surface area contributed by atoms with E-state index in [1.54, 1.807) is 24.3 Å². The first-order chi connectivity index (χ1) is 17.9. The molecule has 0 bridgehead atoms. The number of ketones is 1. The largest absolute Gasteiger partial charge is 0.481 e. The summed E-state index contributed by atoms with van der Waals surface area (Å²) >= 11 is 0. The number of anilines is 1. The second kappa shape index (κ2) is 14.0. The number of rotatable bonds is 13. The summed E-state index contributed by atoms with van der Waals surface area (Å²) in [7, 11) is 0. The lowest BCUT2D eigenvalue weighted by Crippen LogP contribution is -2.44. The normalized spacial score (nSPS) is 12.0. The number of carboxylic acids is 1. The van der Waals surface area contributed by atoms with Crippen LogP contribution in [0.5, 0.6) is 0 Å². The van der Waals surface area contributed by atoms with Crippen LogP contribution >= 0.6 is 0 Å². The Morgan fingerprint density at radius 3 is 1.97 bits per heavy atom. The molecule has 3 aromatic rings. The highest BCUT2D eigenvalue weighted by atomic mass is 16.5. The number of amides is 1. The van der Waals surface area contributed by atoms with Crippen molar-refractivity contribution in [2.24, 2.45) is 0 Å². The number of nitrogens with one attached hydrogen (secondary N) is 2. The van der Waals surface area contributed by atoms with Crippen LogP contribution in [-0.2, 0) is 30.5 Å². The predicted octanol–water partition coefficient (Wildman–Crippen LogP) is 4.11. The van der Waals surface area contributed by atoms with Gasteiger partial charge in [-0.15, -0.1) is 0 Å². The molecule has 2 unspecified atom stereocenters. The molecule has 9 nitrogen and oxygen atoms in total. The van der Waals surface area contributed by atoms with E-state index in [4.69, 9.17) is 14.6 Å². The van der Waals surface area contributed by atoms with Crippen molar-refractivity contribution in [1.82, 2.24) is 5.32 Å². The molecule has 0 radical (unpaired) electrons. The molecule has 0 saturated heterocycles. The van der Waals surface area contributed by atoms with Gasteiger partial charge in [0.05, 0.1) is 18.9 Å². The summed E-state index contributed by atoms with van der Waals surface area (Å²) < 4.78 is 10.2. The third-order valence-electron chi connectivity index (χ3n) is 5.34. The van der Waals surface area contributed by atoms with Crippen LogP contribution in [0, 0.1) is 0 Å². The molecule has 37 heavy (non-hydrogen) atoms. The zero-order valence-electron chi connectivity index (χ0n) is 20.0. The zero-order valence-corrected chi connectivity index (χ0v) is 20.0. The van der Waals surface area contributed by atoms with Crippen molar-refractivity contribution in [3.63, 3.8) is 0 Å². The molecular formula is C28H28N2O7. The molecule has 1 amide bonds. The topological polar surface area (TPSA) is 131 Å². The Kier molecular flexibility index (Phi) is 10.2. The molecular weight excluding hydrogens is 476 g/mol. The van der Waals surface area contributed by atoms with Crippen LogP contribution in [0.15, 0.2) is 91.0 Å². The molecule has 2 atom stereocenters. The highest BCUT2D eigenvalue weighted by Gasteiger charge is 2.26. The van der Waals surface area contributed by atoms with Gasteiger partial charge in [0, 0.05) is 5.69 Å². The van der Waals surface area contributed by atoms with Crippen LogP contribution in [0.25, 0.3) is 0 Å². The number of carbonyl (C=O) groups is 4. The average molecular weight is 505 g/mol. The lowest BCUT2D eigenvalue weighted by atomic mass is 10.0. The van der Waals surface area contributed by atoms with E-state index in [-0.39, 0.29) is 13.0 Å². The fourth-order valence-electron chi connectivity index (χ4n) is 3.48. The lowest BCUT2D eigenvalue weighted by molar-refractivity contribution is -0.149. The number of aliphatic carboxylic acids is 1. The maximum Gasteiger partial charge on any atom is 0.408 e. The Morgan fingerprint density at radius 2 is 1.35 bits per heavy atom. The summed E-state index contributed by atoms with van der Waals surface area (Å²) in [6.07, 6.45) is -1.72. The van der Waals surface area contributed by atoms with Crippen molar-refractivity contribution < 1.29 is 33.8 Å². The van der Waals surface area contributed by atoms with Crippen LogP contribution in [-0.4, -0.2) is 41.6 Å². The van der Waals surface area contributed by atoms with E-state index in [9.17, 15) is 19.2 Å². The minimum Gasteiger partial charge on any atom is -0.481 e. The second-order valence-corrected chi connectivity index (χ2v) is 8.16. The van der Waals surface area contributed by atoms with Gasteiger partial charge < -0.3 is 25.2 Å². The molecule has 192 valence electrons. The van der Waals surface area contributed by atoms with Crippen LogP contribution in [0.1, 0.15) is 30.0 Å². The number of carboxylic acid groups (broad SMARTS) is 1. The molecule has 0 aliphatic rings. The van der Waals surface area contributed by atoms with E-state index in [1.165, 1.54) is 0 Å². The Labute approximate surface area is 214 Å². The SMILES string of the molecule is O=C(O)CC(NC(=O)OCc1ccccc1)C(=O)COC(=O)CC(Nc1ccccc1)c1ccccc1. The zero-order chi connectivity index (χ0) is 26.5. The molecule has 3 aromatic carbocycles. The van der Waals surface area contributed by atoms with Crippen LogP contribution in [0.3, 0.4) is 0 Å². The first kappa shape index (κ1) is 26.9. The molecule has 0 spiro atoms. The minimum absolute atomic E-state index is 0.0507. The summed E-state index contributed by atoms with van der Waals surface area (Å²) in [6.45, 7) is -0.743. The Morgan fingerprint density at radius 1 is 0.757 bits per heavy atom. The van der Waals surface area contributed by atoms with Gasteiger partial charge in [0.2, 0.25) is 0 Å². The molecule has 3 rings (SSSR count). The van der Waals surface area contributed by atoms with Crippen LogP contribution in [0.4, 0.5) is 10.5 Å². The van der Waals surface area contributed by atoms with Crippen LogP contribution in [0.2, 0.25) is 0 Å². The minimum atomic E-state index is -1.42. The molecule has 0 aliphatic heterocycles. The quantitative estimate of drug-likeness (QED) is 0.297. The first-order valence-electron chi connectivity index (χ1n) is 11.6. The van der Waals surface area contributed by atoms with Crippen LogP contribution < -0.4 is 10.6 Å². The Bertz CT molecular complexity index is 1170. The molecule has 0 saturated carbocycles. The van der Waals surface area contributed by atoms with Gasteiger partial charge in [-0.1, -0.05) is 78.9 Å². The number of para-hydroxylation sites is 1. The fraction of sp³-hybridized carbons (Fsp3) is 0.214. The highest BCUT2D eigenvalue weighted by molar-refractivity contribution is 5.92. The van der Waals surface area contributed by atoms with Crippen molar-refractivity contribution >= 4 is 29.5 Å². The lowest BCUT2D eigenvalue weighted by Gasteiger charge is -2.20. The highest BCUT2D eigenvalue weighted by Crippen LogP contribution is 2.23. The number of alkyl carbamates (subject to hydrolysis) is 1. The van der Waals surface area contributed by atoms with Gasteiger partial charge in [0.15, 0.2) is 12.4 Å². The van der Waals surface area contributed by atoms with Gasteiger partial charge in [-0.25, -0.2) is 4.79 Å². The van der Waals surface area contributed by atoms with Crippen molar-refractivity contribution in [3.8, 4) is 0 Å². The molecule has 9 heteroatoms. The van der Waals surface area contributed by atoms with E-state index >= 15 is 0 Å². The number of benzene rings is 3. The second-order valence-electron chi connectivity index (χ2n) is 8.16. The van der Waals surface area contributed by atoms with Gasteiger partial charge in [-0.2, -0.15) is 0 Å². The molecule has 0 aromatic heterocycles.